The Morgan fingerprint density at radius 1 is 1.19 bits per heavy atom. The summed E-state index contributed by atoms with van der Waals surface area (Å²) in [5, 5.41) is 10.9. The zero-order valence-corrected chi connectivity index (χ0v) is 14.6. The number of anilines is 2. The number of carbonyl (C=O) groups is 1. The Morgan fingerprint density at radius 3 is 2.73 bits per heavy atom. The highest BCUT2D eigenvalue weighted by molar-refractivity contribution is 6.30. The number of hydrogen-bond donors (Lipinski definition) is 2. The fourth-order valence-corrected chi connectivity index (χ4v) is 3.05. The number of benzene rings is 1. The van der Waals surface area contributed by atoms with E-state index >= 15 is 0 Å². The van der Waals surface area contributed by atoms with Gasteiger partial charge < -0.3 is 10.6 Å². The van der Waals surface area contributed by atoms with Crippen molar-refractivity contribution in [2.24, 2.45) is 0 Å². The van der Waals surface area contributed by atoms with Crippen LogP contribution in [0.2, 0.25) is 5.02 Å². The van der Waals surface area contributed by atoms with Gasteiger partial charge in [0.05, 0.1) is 11.3 Å². The molecule has 0 saturated carbocycles. The summed E-state index contributed by atoms with van der Waals surface area (Å²) in [5.74, 6) is 0.329. The van der Waals surface area contributed by atoms with Crippen molar-refractivity contribution in [1.29, 1.82) is 0 Å². The maximum Gasteiger partial charge on any atom is 0.255 e. The zero-order valence-electron chi connectivity index (χ0n) is 13.8. The number of hydrogen-bond acceptors (Lipinski definition) is 5. The highest BCUT2D eigenvalue weighted by atomic mass is 35.5. The summed E-state index contributed by atoms with van der Waals surface area (Å²) in [6.07, 6.45) is 3.14. The molecule has 2 N–H and O–H groups in total. The molecule has 0 bridgehead atoms. The molecule has 4 rings (SSSR count). The maximum atomic E-state index is 13.0. The summed E-state index contributed by atoms with van der Waals surface area (Å²) in [6.45, 7) is 1.84. The topological polar surface area (TPSA) is 84.7 Å². The van der Waals surface area contributed by atoms with Gasteiger partial charge in [-0.15, -0.1) is 0 Å². The van der Waals surface area contributed by atoms with E-state index in [0.29, 0.717) is 33.6 Å². The minimum atomic E-state index is -0.470. The molecule has 1 aliphatic rings. The van der Waals surface area contributed by atoms with Crippen LogP contribution < -0.4 is 10.6 Å². The number of allylic oxidation sites excluding steroid dienone is 1. The van der Waals surface area contributed by atoms with Gasteiger partial charge in [-0.3, -0.25) is 9.78 Å². The van der Waals surface area contributed by atoms with E-state index < -0.39 is 6.04 Å². The second-order valence-corrected chi connectivity index (χ2v) is 6.25. The molecule has 7 nitrogen and oxygen atoms in total. The van der Waals surface area contributed by atoms with Crippen LogP contribution in [0.4, 0.5) is 11.6 Å². The van der Waals surface area contributed by atoms with Crippen LogP contribution in [0.25, 0.3) is 0 Å². The number of carbonyl (C=O) groups excluding carboxylic acids is 1. The summed E-state index contributed by atoms with van der Waals surface area (Å²) >= 11 is 5.91. The predicted octanol–water partition coefficient (Wildman–Crippen LogP) is 3.25. The zero-order chi connectivity index (χ0) is 18.1. The molecule has 3 aromatic rings. The van der Waals surface area contributed by atoms with E-state index in [1.807, 2.05) is 25.1 Å². The van der Waals surface area contributed by atoms with Crippen molar-refractivity contribution in [3.63, 3.8) is 0 Å². The number of halogens is 1. The molecule has 8 heteroatoms. The summed E-state index contributed by atoms with van der Waals surface area (Å²) in [4.78, 5) is 21.7. The standard InChI is InChI=1S/C18H15ClN6O/c1-11-15(17(26)24-13-7-5-12(19)6-8-13)16(14-4-2-3-9-20-14)25-18(23-11)21-10-22-25/h2-10,16H,1H3,(H,24,26)(H,21,22,23)/t16-/m0/s1. The lowest BCUT2D eigenvalue weighted by molar-refractivity contribution is -0.113. The molecule has 0 fully saturated rings. The molecule has 1 atom stereocenters. The van der Waals surface area contributed by atoms with Gasteiger partial charge in [0.25, 0.3) is 5.91 Å². The third-order valence-corrected chi connectivity index (χ3v) is 4.36. The smallest absolute Gasteiger partial charge is 0.255 e. The van der Waals surface area contributed by atoms with E-state index in [0.717, 1.165) is 0 Å². The van der Waals surface area contributed by atoms with E-state index in [1.165, 1.54) is 6.33 Å². The van der Waals surface area contributed by atoms with Crippen molar-refractivity contribution in [2.75, 3.05) is 10.6 Å². The molecule has 0 unspecified atom stereocenters. The Morgan fingerprint density at radius 2 is 2.00 bits per heavy atom. The van der Waals surface area contributed by atoms with Crippen molar-refractivity contribution in [3.8, 4) is 0 Å². The third kappa shape index (κ3) is 2.93. The van der Waals surface area contributed by atoms with Crippen LogP contribution in [-0.2, 0) is 4.79 Å². The van der Waals surface area contributed by atoms with Gasteiger partial charge in [0.1, 0.15) is 12.4 Å². The van der Waals surface area contributed by atoms with E-state index in [1.54, 1.807) is 35.1 Å². The number of nitrogens with zero attached hydrogens (tertiary/aromatic N) is 4. The second kappa shape index (κ2) is 6.61. The molecular formula is C18H15ClN6O. The largest absolute Gasteiger partial charge is 0.328 e. The summed E-state index contributed by atoms with van der Waals surface area (Å²) < 4.78 is 1.66. The van der Waals surface area contributed by atoms with Crippen molar-refractivity contribution in [1.82, 2.24) is 19.7 Å². The minimum absolute atomic E-state index is 0.242. The van der Waals surface area contributed by atoms with Crippen LogP contribution in [-0.4, -0.2) is 25.7 Å². The van der Waals surface area contributed by atoms with E-state index in [-0.39, 0.29) is 5.91 Å². The van der Waals surface area contributed by atoms with Gasteiger partial charge in [-0.25, -0.2) is 4.68 Å². The fraction of sp³-hybridized carbons (Fsp3) is 0.111. The van der Waals surface area contributed by atoms with E-state index in [9.17, 15) is 4.79 Å². The lowest BCUT2D eigenvalue weighted by Gasteiger charge is -2.28. The van der Waals surface area contributed by atoms with Crippen molar-refractivity contribution < 1.29 is 4.79 Å². The highest BCUT2D eigenvalue weighted by Crippen LogP contribution is 2.34. The second-order valence-electron chi connectivity index (χ2n) is 5.81. The van der Waals surface area contributed by atoms with Gasteiger partial charge in [0.2, 0.25) is 5.95 Å². The molecule has 1 aromatic carbocycles. The Bertz CT molecular complexity index is 980. The van der Waals surface area contributed by atoms with Crippen molar-refractivity contribution >= 4 is 29.1 Å². The molecule has 3 heterocycles. The average Bonchev–Trinajstić information content (AvgIpc) is 3.11. The normalized spacial score (nSPS) is 16.0. The van der Waals surface area contributed by atoms with Crippen LogP contribution >= 0.6 is 11.6 Å². The van der Waals surface area contributed by atoms with Gasteiger partial charge in [0.15, 0.2) is 0 Å². The van der Waals surface area contributed by atoms with E-state index in [2.05, 4.69) is 25.7 Å². The van der Waals surface area contributed by atoms with Crippen LogP contribution in [0.3, 0.4) is 0 Å². The van der Waals surface area contributed by atoms with Crippen LogP contribution in [0.5, 0.6) is 0 Å². The number of rotatable bonds is 3. The minimum Gasteiger partial charge on any atom is -0.328 e. The van der Waals surface area contributed by atoms with Crippen LogP contribution in [0, 0.1) is 0 Å². The SMILES string of the molecule is CC1=C(C(=O)Nc2ccc(Cl)cc2)[C@H](c2ccccn2)n2ncnc2N1. The third-order valence-electron chi connectivity index (χ3n) is 4.11. The molecule has 0 saturated heterocycles. The first-order valence-electron chi connectivity index (χ1n) is 7.98. The first kappa shape index (κ1) is 16.3. The number of amides is 1. The highest BCUT2D eigenvalue weighted by Gasteiger charge is 2.34. The number of pyridine rings is 1. The Balaban J connectivity index is 1.74. The molecule has 1 amide bonds. The fourth-order valence-electron chi connectivity index (χ4n) is 2.93. The lowest BCUT2D eigenvalue weighted by Crippen LogP contribution is -2.32. The quantitative estimate of drug-likeness (QED) is 0.743. The molecule has 0 spiro atoms. The monoisotopic (exact) mass is 366 g/mol. The molecule has 26 heavy (non-hydrogen) atoms. The number of aromatic nitrogens is 4. The van der Waals surface area contributed by atoms with Gasteiger partial charge in [-0.2, -0.15) is 10.1 Å². The summed E-state index contributed by atoms with van der Waals surface area (Å²) in [7, 11) is 0. The first-order chi connectivity index (χ1) is 12.6. The first-order valence-corrected chi connectivity index (χ1v) is 8.36. The Labute approximate surface area is 154 Å². The number of fused-ring (bicyclic) bond motifs is 1. The maximum absolute atomic E-state index is 13.0. The van der Waals surface area contributed by atoms with Gasteiger partial charge in [-0.05, 0) is 43.3 Å². The van der Waals surface area contributed by atoms with Crippen molar-refractivity contribution in [2.45, 2.75) is 13.0 Å². The average molecular weight is 367 g/mol. The predicted molar refractivity (Wildman–Crippen MR) is 98.8 cm³/mol. The van der Waals surface area contributed by atoms with Crippen molar-refractivity contribution in [3.05, 3.63) is 77.0 Å². The van der Waals surface area contributed by atoms with Crippen LogP contribution in [0.1, 0.15) is 18.7 Å². The Hall–Kier alpha value is -3.19. The van der Waals surface area contributed by atoms with Crippen LogP contribution in [0.15, 0.2) is 66.3 Å². The molecular weight excluding hydrogens is 352 g/mol. The van der Waals surface area contributed by atoms with Gasteiger partial charge in [-0.1, -0.05) is 17.7 Å². The molecule has 130 valence electrons. The molecule has 0 aliphatic carbocycles. The molecule has 1 aliphatic heterocycles. The summed E-state index contributed by atoms with van der Waals surface area (Å²) in [6, 6.07) is 12.1. The van der Waals surface area contributed by atoms with Gasteiger partial charge in [0, 0.05) is 22.6 Å². The summed E-state index contributed by atoms with van der Waals surface area (Å²) in [5.41, 5.74) is 2.59. The number of nitrogens with one attached hydrogen (secondary N) is 2. The van der Waals surface area contributed by atoms with Gasteiger partial charge >= 0.3 is 0 Å². The molecule has 0 radical (unpaired) electrons. The Kier molecular flexibility index (Phi) is 4.14. The molecule has 2 aromatic heterocycles. The lowest BCUT2D eigenvalue weighted by atomic mass is 9.98. The van der Waals surface area contributed by atoms with E-state index in [4.69, 9.17) is 11.6 Å².